The van der Waals surface area contributed by atoms with Gasteiger partial charge in [-0.15, -0.1) is 11.3 Å². The molecule has 0 fully saturated rings. The molecule has 0 amide bonds. The third kappa shape index (κ3) is 5.12. The van der Waals surface area contributed by atoms with E-state index in [0.717, 1.165) is 55.3 Å². The van der Waals surface area contributed by atoms with Gasteiger partial charge in [0.05, 0.1) is 11.0 Å². The van der Waals surface area contributed by atoms with Gasteiger partial charge in [-0.05, 0) is 83.9 Å². The highest BCUT2D eigenvalue weighted by Gasteiger charge is 2.19. The third-order valence-electron chi connectivity index (χ3n) is 11.1. The van der Waals surface area contributed by atoms with E-state index in [4.69, 9.17) is 19.4 Å². The molecule has 57 heavy (non-hydrogen) atoms. The van der Waals surface area contributed by atoms with Gasteiger partial charge in [0.2, 0.25) is 0 Å². The van der Waals surface area contributed by atoms with Crippen LogP contribution in [0.2, 0.25) is 0 Å². The summed E-state index contributed by atoms with van der Waals surface area (Å²) in [6.07, 6.45) is 0. The minimum absolute atomic E-state index is 0.617. The lowest BCUT2D eigenvalue weighted by atomic mass is 9.99. The third-order valence-corrected chi connectivity index (χ3v) is 12.2. The van der Waals surface area contributed by atoms with Gasteiger partial charge in [-0.3, -0.25) is 0 Å². The molecule has 12 aromatic rings. The first-order chi connectivity index (χ1) is 28.2. The van der Waals surface area contributed by atoms with Crippen LogP contribution in [0.25, 0.3) is 115 Å². The Morgan fingerprint density at radius 2 is 1.02 bits per heavy atom. The van der Waals surface area contributed by atoms with Gasteiger partial charge in [0, 0.05) is 64.1 Å². The first-order valence-corrected chi connectivity index (χ1v) is 19.8. The molecule has 12 rings (SSSR count). The number of rotatable bonds is 5. The average molecular weight is 747 g/mol. The average Bonchev–Trinajstić information content (AvgIpc) is 3.95. The van der Waals surface area contributed by atoms with Gasteiger partial charge in [-0.2, -0.15) is 0 Å². The molecule has 0 saturated carbocycles. The fourth-order valence-electron chi connectivity index (χ4n) is 8.41. The number of fused-ring (bicyclic) bond motifs is 9. The van der Waals surface area contributed by atoms with Crippen molar-refractivity contribution in [1.82, 2.24) is 19.5 Å². The van der Waals surface area contributed by atoms with E-state index in [-0.39, 0.29) is 0 Å². The zero-order chi connectivity index (χ0) is 37.5. The molecular formula is C51H30N4OS. The van der Waals surface area contributed by atoms with Crippen LogP contribution in [0.3, 0.4) is 0 Å². The SMILES string of the molecule is c1ccc(-c2nc(-c3ccc4oc5ccccc5c4c3)nc(-c3cccc4sc5ccc(-c6ccc7c(c6)c6ccccc6n7-c6ccccc6)cc5c34)n2)cc1. The molecule has 0 bridgehead atoms. The molecule has 0 radical (unpaired) electrons. The van der Waals surface area contributed by atoms with E-state index in [1.165, 1.54) is 42.2 Å². The number of para-hydroxylation sites is 3. The summed E-state index contributed by atoms with van der Waals surface area (Å²) < 4.78 is 10.9. The van der Waals surface area contributed by atoms with Crippen LogP contribution in [-0.2, 0) is 0 Å². The topological polar surface area (TPSA) is 56.7 Å². The Labute approximate surface area is 330 Å². The molecule has 0 aliphatic carbocycles. The normalized spacial score (nSPS) is 11.9. The van der Waals surface area contributed by atoms with E-state index in [9.17, 15) is 0 Å². The molecule has 6 heteroatoms. The van der Waals surface area contributed by atoms with E-state index < -0.39 is 0 Å². The molecule has 0 saturated heterocycles. The van der Waals surface area contributed by atoms with Crippen LogP contribution in [0.5, 0.6) is 0 Å². The second-order valence-electron chi connectivity index (χ2n) is 14.4. The van der Waals surface area contributed by atoms with Crippen LogP contribution in [0.1, 0.15) is 0 Å². The quantitative estimate of drug-likeness (QED) is 0.176. The maximum atomic E-state index is 6.16. The number of hydrogen-bond donors (Lipinski definition) is 0. The van der Waals surface area contributed by atoms with Gasteiger partial charge in [0.15, 0.2) is 17.5 Å². The molecule has 5 nitrogen and oxygen atoms in total. The smallest absolute Gasteiger partial charge is 0.164 e. The molecule has 4 aromatic heterocycles. The van der Waals surface area contributed by atoms with Crippen molar-refractivity contribution >= 4 is 75.3 Å². The van der Waals surface area contributed by atoms with E-state index in [1.54, 1.807) is 11.3 Å². The molecule has 0 N–H and O–H groups in total. The second-order valence-corrected chi connectivity index (χ2v) is 15.5. The number of thiophene rings is 1. The molecule has 0 aliphatic heterocycles. The van der Waals surface area contributed by atoms with Gasteiger partial charge in [0.25, 0.3) is 0 Å². The summed E-state index contributed by atoms with van der Waals surface area (Å²) in [5.74, 6) is 1.89. The van der Waals surface area contributed by atoms with Gasteiger partial charge in [-0.1, -0.05) is 109 Å². The standard InChI is InChI=1S/C51H30N4OS/c1-3-12-31(13-4-1)49-52-50(34-23-26-45-40(30-34)37-17-8-10-20-44(37)56-45)54-51(53-49)38-18-11-21-47-48(38)41-29-33(24-27-46(41)57-47)32-22-25-43-39(28-32)36-16-7-9-19-42(36)55(43)35-14-5-2-6-15-35/h1-30H. The summed E-state index contributed by atoms with van der Waals surface area (Å²) in [7, 11) is 0. The maximum Gasteiger partial charge on any atom is 0.164 e. The van der Waals surface area contributed by atoms with Crippen molar-refractivity contribution in [3.05, 3.63) is 182 Å². The Bertz CT molecular complexity index is 3530. The number of furan rings is 1. The molecule has 4 heterocycles. The van der Waals surface area contributed by atoms with E-state index in [2.05, 4.69) is 138 Å². The highest BCUT2D eigenvalue weighted by atomic mass is 32.1. The van der Waals surface area contributed by atoms with Crippen LogP contribution < -0.4 is 0 Å². The summed E-state index contributed by atoms with van der Waals surface area (Å²) >= 11 is 1.80. The minimum atomic E-state index is 0.617. The Balaban J connectivity index is 1.04. The predicted molar refractivity (Wildman–Crippen MR) is 236 cm³/mol. The first kappa shape index (κ1) is 31.9. The molecule has 8 aromatic carbocycles. The summed E-state index contributed by atoms with van der Waals surface area (Å²) in [6, 6.07) is 63.9. The largest absolute Gasteiger partial charge is 0.456 e. The number of benzene rings is 8. The van der Waals surface area contributed by atoms with Gasteiger partial charge in [-0.25, -0.2) is 15.0 Å². The minimum Gasteiger partial charge on any atom is -0.456 e. The van der Waals surface area contributed by atoms with Crippen LogP contribution in [-0.4, -0.2) is 19.5 Å². The summed E-state index contributed by atoms with van der Waals surface area (Å²) in [4.78, 5) is 15.5. The molecule has 0 atom stereocenters. The van der Waals surface area contributed by atoms with Gasteiger partial charge in [0.1, 0.15) is 11.2 Å². The Hall–Kier alpha value is -7.41. The Morgan fingerprint density at radius 1 is 0.386 bits per heavy atom. The van der Waals surface area contributed by atoms with Crippen LogP contribution in [0.15, 0.2) is 186 Å². The lowest BCUT2D eigenvalue weighted by Crippen LogP contribution is -2.00. The Kier molecular flexibility index (Phi) is 7.03. The van der Waals surface area contributed by atoms with Crippen LogP contribution in [0.4, 0.5) is 0 Å². The van der Waals surface area contributed by atoms with Crippen molar-refractivity contribution in [2.24, 2.45) is 0 Å². The monoisotopic (exact) mass is 746 g/mol. The zero-order valence-electron chi connectivity index (χ0n) is 30.4. The predicted octanol–water partition coefficient (Wildman–Crippen LogP) is 13.9. The van der Waals surface area contributed by atoms with Crippen molar-refractivity contribution in [2.75, 3.05) is 0 Å². The second kappa shape index (κ2) is 12.6. The van der Waals surface area contributed by atoms with Gasteiger partial charge >= 0.3 is 0 Å². The highest BCUT2D eigenvalue weighted by molar-refractivity contribution is 7.26. The number of aromatic nitrogens is 4. The van der Waals surface area contributed by atoms with Crippen LogP contribution in [0, 0.1) is 0 Å². The lowest BCUT2D eigenvalue weighted by Gasteiger charge is -2.10. The van der Waals surface area contributed by atoms with Crippen molar-refractivity contribution < 1.29 is 4.42 Å². The summed E-state index contributed by atoms with van der Waals surface area (Å²) in [5, 5.41) is 6.90. The lowest BCUT2D eigenvalue weighted by molar-refractivity contribution is 0.669. The van der Waals surface area contributed by atoms with Crippen molar-refractivity contribution in [1.29, 1.82) is 0 Å². The Morgan fingerprint density at radius 3 is 1.88 bits per heavy atom. The number of nitrogens with zero attached hydrogens (tertiary/aromatic N) is 4. The van der Waals surface area contributed by atoms with Crippen molar-refractivity contribution in [2.45, 2.75) is 0 Å². The summed E-state index contributed by atoms with van der Waals surface area (Å²) in [5.41, 5.74) is 10.4. The van der Waals surface area contributed by atoms with Gasteiger partial charge < -0.3 is 8.98 Å². The van der Waals surface area contributed by atoms with Crippen LogP contribution >= 0.6 is 11.3 Å². The molecule has 0 aliphatic rings. The van der Waals surface area contributed by atoms with E-state index in [1.807, 2.05) is 48.5 Å². The highest BCUT2D eigenvalue weighted by Crippen LogP contribution is 2.43. The molecule has 0 spiro atoms. The molecular weight excluding hydrogens is 717 g/mol. The maximum absolute atomic E-state index is 6.16. The van der Waals surface area contributed by atoms with E-state index >= 15 is 0 Å². The number of hydrogen-bond acceptors (Lipinski definition) is 5. The fourth-order valence-corrected chi connectivity index (χ4v) is 9.52. The van der Waals surface area contributed by atoms with Crippen molar-refractivity contribution in [3.8, 4) is 51.0 Å². The molecule has 266 valence electrons. The first-order valence-electron chi connectivity index (χ1n) is 19.0. The van der Waals surface area contributed by atoms with E-state index in [0.29, 0.717) is 17.5 Å². The fraction of sp³-hybridized carbons (Fsp3) is 0. The van der Waals surface area contributed by atoms with Crippen molar-refractivity contribution in [3.63, 3.8) is 0 Å². The molecule has 0 unspecified atom stereocenters. The zero-order valence-corrected chi connectivity index (χ0v) is 31.2. The summed E-state index contributed by atoms with van der Waals surface area (Å²) in [6.45, 7) is 0.